The van der Waals surface area contributed by atoms with Crippen molar-refractivity contribution < 1.29 is 9.84 Å². The van der Waals surface area contributed by atoms with E-state index in [1.165, 1.54) is 0 Å². The number of hydrogen-bond donors (Lipinski definition) is 2. The van der Waals surface area contributed by atoms with Gasteiger partial charge < -0.3 is 15.6 Å². The highest BCUT2D eigenvalue weighted by Crippen LogP contribution is 2.34. The zero-order valence-corrected chi connectivity index (χ0v) is 8.58. The van der Waals surface area contributed by atoms with Gasteiger partial charge in [-0.3, -0.25) is 0 Å². The Hall–Kier alpha value is -0.770. The first-order valence-electron chi connectivity index (χ1n) is 4.46. The van der Waals surface area contributed by atoms with Gasteiger partial charge in [-0.1, -0.05) is 11.6 Å². The Balaban J connectivity index is 2.50. The van der Waals surface area contributed by atoms with Crippen LogP contribution in [0.25, 0.3) is 0 Å². The van der Waals surface area contributed by atoms with Crippen molar-refractivity contribution in [3.8, 4) is 5.75 Å². The van der Waals surface area contributed by atoms with Gasteiger partial charge in [0.05, 0.1) is 6.04 Å². The molecular weight excluding hydrogens is 202 g/mol. The molecule has 0 spiro atoms. The quantitative estimate of drug-likeness (QED) is 0.685. The fraction of sp³-hybridized carbons (Fsp3) is 0.400. The number of aliphatic hydroxyl groups is 1. The van der Waals surface area contributed by atoms with E-state index >= 15 is 0 Å². The van der Waals surface area contributed by atoms with Gasteiger partial charge in [-0.25, -0.2) is 0 Å². The first kappa shape index (κ1) is 9.77. The van der Waals surface area contributed by atoms with Crippen molar-refractivity contribution in [2.24, 2.45) is 5.73 Å². The summed E-state index contributed by atoms with van der Waals surface area (Å²) in [5.41, 5.74) is 7.55. The molecule has 0 aliphatic carbocycles. The maximum absolute atomic E-state index is 9.49. The third kappa shape index (κ3) is 1.47. The molecule has 2 atom stereocenters. The molecule has 14 heavy (non-hydrogen) atoms. The van der Waals surface area contributed by atoms with Crippen LogP contribution < -0.4 is 10.5 Å². The number of halogens is 1. The molecule has 1 aromatic rings. The fourth-order valence-corrected chi connectivity index (χ4v) is 1.71. The van der Waals surface area contributed by atoms with Gasteiger partial charge in [0.25, 0.3) is 0 Å². The van der Waals surface area contributed by atoms with Gasteiger partial charge in [0.1, 0.15) is 18.5 Å². The minimum atomic E-state index is -0.652. The van der Waals surface area contributed by atoms with Crippen LogP contribution in [0.4, 0.5) is 0 Å². The molecule has 4 heteroatoms. The monoisotopic (exact) mass is 213 g/mol. The molecule has 0 unspecified atom stereocenters. The molecule has 0 amide bonds. The summed E-state index contributed by atoms with van der Waals surface area (Å²) in [6.45, 7) is 2.15. The normalized spacial score (nSPS) is 25.4. The second kappa shape index (κ2) is 3.42. The smallest absolute Gasteiger partial charge is 0.124 e. The van der Waals surface area contributed by atoms with E-state index in [1.54, 1.807) is 6.07 Å². The molecule has 1 heterocycles. The molecule has 0 aromatic heterocycles. The lowest BCUT2D eigenvalue weighted by Gasteiger charge is -2.28. The van der Waals surface area contributed by atoms with Crippen LogP contribution in [0.1, 0.15) is 17.2 Å². The summed E-state index contributed by atoms with van der Waals surface area (Å²) in [5, 5.41) is 10.1. The average Bonchev–Trinajstić information content (AvgIpc) is 2.15. The average molecular weight is 214 g/mol. The molecule has 0 fully saturated rings. The Bertz CT molecular complexity index is 367. The molecule has 0 saturated carbocycles. The molecular formula is C10H12ClNO2. The number of nitrogens with two attached hydrogens (primary N) is 1. The van der Waals surface area contributed by atoms with E-state index < -0.39 is 12.1 Å². The second-order valence-corrected chi connectivity index (χ2v) is 3.95. The standard InChI is InChI=1S/C10H12ClNO2/c1-5-2-9-6(3-7(5)11)10(12)8(13)4-14-9/h2-3,8,10,13H,4,12H2,1H3/t8-,10+/m1/s1. The number of hydrogen-bond acceptors (Lipinski definition) is 3. The third-order valence-electron chi connectivity index (χ3n) is 2.47. The largest absolute Gasteiger partial charge is 0.490 e. The summed E-state index contributed by atoms with van der Waals surface area (Å²) in [6, 6.07) is 3.21. The topological polar surface area (TPSA) is 55.5 Å². The number of aryl methyl sites for hydroxylation is 1. The van der Waals surface area contributed by atoms with E-state index in [2.05, 4.69) is 0 Å². The molecule has 0 radical (unpaired) electrons. The Labute approximate surface area is 87.4 Å². The number of rotatable bonds is 0. The van der Waals surface area contributed by atoms with Crippen LogP contribution in [-0.2, 0) is 0 Å². The molecule has 0 saturated heterocycles. The van der Waals surface area contributed by atoms with E-state index in [4.69, 9.17) is 22.1 Å². The van der Waals surface area contributed by atoms with Crippen molar-refractivity contribution in [3.63, 3.8) is 0 Å². The van der Waals surface area contributed by atoms with Gasteiger partial charge in [-0.05, 0) is 24.6 Å². The number of ether oxygens (including phenoxy) is 1. The Morgan fingerprint density at radius 3 is 3.00 bits per heavy atom. The fourth-order valence-electron chi connectivity index (χ4n) is 1.54. The minimum Gasteiger partial charge on any atom is -0.490 e. The lowest BCUT2D eigenvalue weighted by atomic mass is 9.98. The molecule has 1 aromatic carbocycles. The van der Waals surface area contributed by atoms with Gasteiger partial charge in [0.15, 0.2) is 0 Å². The van der Waals surface area contributed by atoms with Crippen molar-refractivity contribution >= 4 is 11.6 Å². The molecule has 1 aliphatic rings. The van der Waals surface area contributed by atoms with Gasteiger partial charge in [0.2, 0.25) is 0 Å². The molecule has 0 bridgehead atoms. The summed E-state index contributed by atoms with van der Waals surface area (Å²) in [5.74, 6) is 0.727. The molecule has 3 nitrogen and oxygen atoms in total. The SMILES string of the molecule is Cc1cc2c(cc1Cl)[C@H](N)[C@H](O)CO2. The molecule has 1 aliphatic heterocycles. The first-order chi connectivity index (χ1) is 6.59. The van der Waals surface area contributed by atoms with Crippen LogP contribution in [0.15, 0.2) is 12.1 Å². The van der Waals surface area contributed by atoms with E-state index in [-0.39, 0.29) is 6.61 Å². The van der Waals surface area contributed by atoms with Crippen molar-refractivity contribution in [2.75, 3.05) is 6.61 Å². The summed E-state index contributed by atoms with van der Waals surface area (Å²) < 4.78 is 5.35. The van der Waals surface area contributed by atoms with Crippen molar-refractivity contribution in [2.45, 2.75) is 19.1 Å². The Morgan fingerprint density at radius 1 is 1.57 bits per heavy atom. The zero-order chi connectivity index (χ0) is 10.3. The van der Waals surface area contributed by atoms with Crippen LogP contribution in [0, 0.1) is 6.92 Å². The number of fused-ring (bicyclic) bond motifs is 1. The summed E-state index contributed by atoms with van der Waals surface area (Å²) in [6.07, 6.45) is -0.652. The van der Waals surface area contributed by atoms with Crippen molar-refractivity contribution in [1.82, 2.24) is 0 Å². The maximum atomic E-state index is 9.49. The summed E-state index contributed by atoms with van der Waals surface area (Å²) >= 11 is 5.97. The van der Waals surface area contributed by atoms with Crippen LogP contribution in [0.5, 0.6) is 5.75 Å². The van der Waals surface area contributed by atoms with Gasteiger partial charge >= 0.3 is 0 Å². The van der Waals surface area contributed by atoms with Gasteiger partial charge in [0, 0.05) is 10.6 Å². The van der Waals surface area contributed by atoms with Crippen LogP contribution in [0.3, 0.4) is 0 Å². The number of benzene rings is 1. The third-order valence-corrected chi connectivity index (χ3v) is 2.88. The maximum Gasteiger partial charge on any atom is 0.124 e. The zero-order valence-electron chi connectivity index (χ0n) is 7.83. The van der Waals surface area contributed by atoms with E-state index in [9.17, 15) is 5.11 Å². The predicted octanol–water partition coefficient (Wildman–Crippen LogP) is 1.40. The predicted molar refractivity (Wildman–Crippen MR) is 54.6 cm³/mol. The minimum absolute atomic E-state index is 0.245. The molecule has 2 rings (SSSR count). The summed E-state index contributed by atoms with van der Waals surface area (Å²) in [7, 11) is 0. The number of aliphatic hydroxyl groups excluding tert-OH is 1. The van der Waals surface area contributed by atoms with E-state index in [0.29, 0.717) is 5.02 Å². The highest BCUT2D eigenvalue weighted by atomic mass is 35.5. The van der Waals surface area contributed by atoms with Crippen molar-refractivity contribution in [1.29, 1.82) is 0 Å². The lowest BCUT2D eigenvalue weighted by Crippen LogP contribution is -2.35. The van der Waals surface area contributed by atoms with Gasteiger partial charge in [-0.2, -0.15) is 0 Å². The van der Waals surface area contributed by atoms with E-state index in [0.717, 1.165) is 16.9 Å². The first-order valence-corrected chi connectivity index (χ1v) is 4.84. The molecule has 76 valence electrons. The van der Waals surface area contributed by atoms with Crippen LogP contribution >= 0.6 is 11.6 Å². The van der Waals surface area contributed by atoms with Crippen LogP contribution in [-0.4, -0.2) is 17.8 Å². The Kier molecular flexibility index (Phi) is 2.39. The van der Waals surface area contributed by atoms with Crippen molar-refractivity contribution in [3.05, 3.63) is 28.3 Å². The molecule has 3 N–H and O–H groups in total. The summed E-state index contributed by atoms with van der Waals surface area (Å²) in [4.78, 5) is 0. The highest BCUT2D eigenvalue weighted by molar-refractivity contribution is 6.31. The van der Waals surface area contributed by atoms with Crippen LogP contribution in [0.2, 0.25) is 5.02 Å². The highest BCUT2D eigenvalue weighted by Gasteiger charge is 2.26. The van der Waals surface area contributed by atoms with E-state index in [1.807, 2.05) is 13.0 Å². The second-order valence-electron chi connectivity index (χ2n) is 3.54. The Morgan fingerprint density at radius 2 is 2.29 bits per heavy atom. The lowest BCUT2D eigenvalue weighted by molar-refractivity contribution is 0.0678. The van der Waals surface area contributed by atoms with Gasteiger partial charge in [-0.15, -0.1) is 0 Å².